The molecular formula is C23H25FN6OS. The molecule has 1 fully saturated rings. The Kier molecular flexibility index (Phi) is 5.10. The lowest BCUT2D eigenvalue weighted by Gasteiger charge is -2.37. The molecule has 1 aliphatic rings. The van der Waals surface area contributed by atoms with Gasteiger partial charge >= 0.3 is 0 Å². The summed E-state index contributed by atoms with van der Waals surface area (Å²) >= 11 is 1.59. The molecule has 3 aromatic heterocycles. The number of anilines is 2. The molecule has 0 radical (unpaired) electrons. The Hall–Kier alpha value is -3.04. The normalized spacial score (nSPS) is 19.1. The van der Waals surface area contributed by atoms with Crippen LogP contribution >= 0.6 is 11.3 Å². The molecule has 1 aliphatic heterocycles. The molecule has 0 spiro atoms. The molecule has 7 nitrogen and oxygen atoms in total. The highest BCUT2D eigenvalue weighted by molar-refractivity contribution is 7.19. The fourth-order valence-electron chi connectivity index (χ4n) is 4.50. The van der Waals surface area contributed by atoms with Crippen LogP contribution < -0.4 is 15.5 Å². The number of hydrogen-bond donors (Lipinski definition) is 2. The summed E-state index contributed by atoms with van der Waals surface area (Å²) in [5.41, 5.74) is 3.57. The molecule has 4 heterocycles. The number of carbonyl (C=O) groups excluding carboxylic acids is 1. The average molecular weight is 453 g/mol. The molecule has 1 amide bonds. The molecule has 32 heavy (non-hydrogen) atoms. The van der Waals surface area contributed by atoms with E-state index in [4.69, 9.17) is 0 Å². The van der Waals surface area contributed by atoms with Crippen molar-refractivity contribution in [3.05, 3.63) is 52.7 Å². The Morgan fingerprint density at radius 1 is 1.19 bits per heavy atom. The number of fused-ring (bicyclic) bond motifs is 2. The van der Waals surface area contributed by atoms with Crippen molar-refractivity contribution in [2.45, 2.75) is 39.8 Å². The summed E-state index contributed by atoms with van der Waals surface area (Å²) < 4.78 is 17.0. The number of thiazole rings is 1. The summed E-state index contributed by atoms with van der Waals surface area (Å²) in [5.74, 6) is -0.799. The number of amides is 1. The van der Waals surface area contributed by atoms with Crippen LogP contribution in [-0.4, -0.2) is 45.4 Å². The molecule has 0 aliphatic carbocycles. The van der Waals surface area contributed by atoms with Crippen LogP contribution in [0.5, 0.6) is 0 Å². The summed E-state index contributed by atoms with van der Waals surface area (Å²) in [6, 6.07) is 5.87. The van der Waals surface area contributed by atoms with Gasteiger partial charge in [-0.2, -0.15) is 0 Å². The maximum Gasteiger partial charge on any atom is 0.257 e. The van der Waals surface area contributed by atoms with Crippen molar-refractivity contribution in [1.82, 2.24) is 19.7 Å². The van der Waals surface area contributed by atoms with Crippen LogP contribution in [0.15, 0.2) is 30.6 Å². The van der Waals surface area contributed by atoms with Gasteiger partial charge < -0.3 is 19.9 Å². The van der Waals surface area contributed by atoms with Gasteiger partial charge in [0.05, 0.1) is 37.9 Å². The number of pyridine rings is 1. The van der Waals surface area contributed by atoms with Gasteiger partial charge in [-0.15, -0.1) is 11.3 Å². The van der Waals surface area contributed by atoms with E-state index in [0.29, 0.717) is 34.5 Å². The molecule has 1 saturated heterocycles. The average Bonchev–Trinajstić information content (AvgIpc) is 3.28. The van der Waals surface area contributed by atoms with Crippen molar-refractivity contribution < 1.29 is 9.18 Å². The van der Waals surface area contributed by atoms with Crippen molar-refractivity contribution in [3.8, 4) is 0 Å². The van der Waals surface area contributed by atoms with E-state index in [9.17, 15) is 9.18 Å². The third-order valence-electron chi connectivity index (χ3n) is 5.66. The predicted octanol–water partition coefficient (Wildman–Crippen LogP) is 4.14. The quantitative estimate of drug-likeness (QED) is 0.489. The number of nitrogens with one attached hydrogen (secondary N) is 2. The third-order valence-corrected chi connectivity index (χ3v) is 6.65. The highest BCUT2D eigenvalue weighted by Crippen LogP contribution is 2.35. The molecule has 166 valence electrons. The van der Waals surface area contributed by atoms with E-state index >= 15 is 0 Å². The van der Waals surface area contributed by atoms with Crippen LogP contribution in [0.2, 0.25) is 0 Å². The van der Waals surface area contributed by atoms with Crippen LogP contribution in [0, 0.1) is 19.7 Å². The maximum absolute atomic E-state index is 14.4. The summed E-state index contributed by atoms with van der Waals surface area (Å²) in [4.78, 5) is 24.3. The van der Waals surface area contributed by atoms with Crippen molar-refractivity contribution in [1.29, 1.82) is 0 Å². The summed E-state index contributed by atoms with van der Waals surface area (Å²) in [7, 11) is 0. The number of imidazole rings is 1. The molecule has 1 aromatic carbocycles. The van der Waals surface area contributed by atoms with Crippen molar-refractivity contribution >= 4 is 44.5 Å². The summed E-state index contributed by atoms with van der Waals surface area (Å²) in [6.45, 7) is 9.89. The first-order valence-corrected chi connectivity index (χ1v) is 11.5. The molecule has 4 aromatic rings. The Bertz CT molecular complexity index is 1340. The minimum atomic E-state index is -0.483. The van der Waals surface area contributed by atoms with Gasteiger partial charge in [-0.1, -0.05) is 0 Å². The molecule has 2 atom stereocenters. The molecular weight excluding hydrogens is 427 g/mol. The zero-order chi connectivity index (χ0) is 22.6. The lowest BCUT2D eigenvalue weighted by Crippen LogP contribution is -2.54. The lowest BCUT2D eigenvalue weighted by molar-refractivity contribution is 0.102. The van der Waals surface area contributed by atoms with Crippen LogP contribution in [0.25, 0.3) is 15.9 Å². The maximum atomic E-state index is 14.4. The third kappa shape index (κ3) is 3.71. The number of piperazine rings is 1. The minimum Gasteiger partial charge on any atom is -0.367 e. The van der Waals surface area contributed by atoms with Gasteiger partial charge in [0, 0.05) is 43.6 Å². The summed E-state index contributed by atoms with van der Waals surface area (Å²) in [5, 5.41) is 7.28. The minimum absolute atomic E-state index is 0.238. The summed E-state index contributed by atoms with van der Waals surface area (Å²) in [6.07, 6.45) is 3.39. The van der Waals surface area contributed by atoms with Gasteiger partial charge in [0.1, 0.15) is 0 Å². The van der Waals surface area contributed by atoms with E-state index in [1.165, 1.54) is 6.07 Å². The van der Waals surface area contributed by atoms with Gasteiger partial charge in [-0.05, 0) is 39.8 Å². The van der Waals surface area contributed by atoms with E-state index in [1.807, 2.05) is 19.1 Å². The smallest absolute Gasteiger partial charge is 0.257 e. The zero-order valence-corrected chi connectivity index (χ0v) is 19.3. The van der Waals surface area contributed by atoms with Crippen molar-refractivity contribution in [2.24, 2.45) is 0 Å². The van der Waals surface area contributed by atoms with Crippen LogP contribution in [0.3, 0.4) is 0 Å². The predicted molar refractivity (Wildman–Crippen MR) is 126 cm³/mol. The van der Waals surface area contributed by atoms with Crippen molar-refractivity contribution in [3.63, 3.8) is 0 Å². The van der Waals surface area contributed by atoms with Gasteiger partial charge in [0.25, 0.3) is 5.91 Å². The van der Waals surface area contributed by atoms with E-state index in [-0.39, 0.29) is 11.6 Å². The fourth-order valence-corrected chi connectivity index (χ4v) is 5.49. The second-order valence-electron chi connectivity index (χ2n) is 8.56. The Morgan fingerprint density at radius 2 is 1.94 bits per heavy atom. The number of rotatable bonds is 3. The van der Waals surface area contributed by atoms with Gasteiger partial charge in [0.15, 0.2) is 11.5 Å². The fraction of sp³-hybridized carbons (Fsp3) is 0.348. The standard InChI is InChI=1S/C23H25FN6OS/c1-12-8-29(9-13(2)25-12)19-6-5-17(20-21(19)32-15(4)27-20)23(31)28-16-7-18(24)22-26-14(3)10-30(22)11-16/h5-7,10-13,25H,8-9H2,1-4H3,(H,28,31). The number of carbonyl (C=O) groups is 1. The highest BCUT2D eigenvalue weighted by atomic mass is 32.1. The second kappa shape index (κ2) is 7.83. The SMILES string of the molecule is Cc1cn2cc(NC(=O)c3ccc(N4CC(C)NC(C)C4)c4sc(C)nc34)cc(F)c2n1. The Balaban J connectivity index is 1.50. The Morgan fingerprint density at radius 3 is 2.69 bits per heavy atom. The lowest BCUT2D eigenvalue weighted by atomic mass is 10.1. The van der Waals surface area contributed by atoms with E-state index in [2.05, 4.69) is 39.3 Å². The van der Waals surface area contributed by atoms with E-state index < -0.39 is 5.82 Å². The van der Waals surface area contributed by atoms with Crippen LogP contribution in [0.1, 0.15) is 34.9 Å². The van der Waals surface area contributed by atoms with Crippen LogP contribution in [0.4, 0.5) is 15.8 Å². The number of aryl methyl sites for hydroxylation is 2. The van der Waals surface area contributed by atoms with Gasteiger partial charge in [-0.25, -0.2) is 14.4 Å². The first-order valence-electron chi connectivity index (χ1n) is 10.7. The number of aromatic nitrogens is 3. The van der Waals surface area contributed by atoms with Gasteiger partial charge in [0.2, 0.25) is 0 Å². The number of nitrogens with zero attached hydrogens (tertiary/aromatic N) is 4. The largest absolute Gasteiger partial charge is 0.367 e. The first kappa shape index (κ1) is 20.8. The van der Waals surface area contributed by atoms with Gasteiger partial charge in [-0.3, -0.25) is 4.79 Å². The molecule has 0 bridgehead atoms. The monoisotopic (exact) mass is 452 g/mol. The molecule has 0 saturated carbocycles. The van der Waals surface area contributed by atoms with E-state index in [1.54, 1.807) is 35.1 Å². The molecule has 9 heteroatoms. The molecule has 2 N–H and O–H groups in total. The number of benzene rings is 1. The zero-order valence-electron chi connectivity index (χ0n) is 18.4. The first-order chi connectivity index (χ1) is 15.3. The molecule has 5 rings (SSSR count). The number of hydrogen-bond acceptors (Lipinski definition) is 6. The van der Waals surface area contributed by atoms with Crippen molar-refractivity contribution in [2.75, 3.05) is 23.3 Å². The van der Waals surface area contributed by atoms with E-state index in [0.717, 1.165) is 28.5 Å². The topological polar surface area (TPSA) is 74.6 Å². The highest BCUT2D eigenvalue weighted by Gasteiger charge is 2.25. The Labute approximate surface area is 189 Å². The second-order valence-corrected chi connectivity index (χ2v) is 9.76. The number of halogens is 1. The van der Waals surface area contributed by atoms with Crippen LogP contribution in [-0.2, 0) is 0 Å². The molecule has 2 unspecified atom stereocenters.